The van der Waals surface area contributed by atoms with Crippen LogP contribution >= 0.6 is 0 Å². The second-order valence-electron chi connectivity index (χ2n) is 3.91. The Labute approximate surface area is 75.7 Å². The maximum Gasteiger partial charge on any atom is 0.0544 e. The summed E-state index contributed by atoms with van der Waals surface area (Å²) < 4.78 is 5.27. The van der Waals surface area contributed by atoms with Gasteiger partial charge in [-0.25, -0.2) is 0 Å². The number of rotatable bonds is 6. The van der Waals surface area contributed by atoms with Crippen LogP contribution in [-0.2, 0) is 4.74 Å². The standard InChI is InChI=1S/C10H21NO/c1-3-10(8-12-9-10)6-4-5-7-11-2/h11H,3-9H2,1-2H3. The summed E-state index contributed by atoms with van der Waals surface area (Å²) in [6.07, 6.45) is 5.29. The lowest BCUT2D eigenvalue weighted by molar-refractivity contribution is -0.120. The molecule has 1 rings (SSSR count). The first-order chi connectivity index (χ1) is 5.83. The van der Waals surface area contributed by atoms with Crippen molar-refractivity contribution >= 4 is 0 Å². The van der Waals surface area contributed by atoms with Gasteiger partial charge in [0, 0.05) is 5.41 Å². The smallest absolute Gasteiger partial charge is 0.0544 e. The highest BCUT2D eigenvalue weighted by atomic mass is 16.5. The van der Waals surface area contributed by atoms with Crippen molar-refractivity contribution in [2.45, 2.75) is 32.6 Å². The Bertz CT molecular complexity index is 115. The molecule has 1 saturated heterocycles. The summed E-state index contributed by atoms with van der Waals surface area (Å²) in [5.74, 6) is 0. The van der Waals surface area contributed by atoms with E-state index in [0.717, 1.165) is 19.8 Å². The van der Waals surface area contributed by atoms with Gasteiger partial charge in [0.1, 0.15) is 0 Å². The van der Waals surface area contributed by atoms with Gasteiger partial charge in [-0.15, -0.1) is 0 Å². The Morgan fingerprint density at radius 1 is 1.33 bits per heavy atom. The molecule has 0 saturated carbocycles. The van der Waals surface area contributed by atoms with Gasteiger partial charge in [-0.2, -0.15) is 0 Å². The second kappa shape index (κ2) is 4.83. The first-order valence-electron chi connectivity index (χ1n) is 5.05. The largest absolute Gasteiger partial charge is 0.380 e. The topological polar surface area (TPSA) is 21.3 Å². The van der Waals surface area contributed by atoms with Crippen LogP contribution in [0.1, 0.15) is 32.6 Å². The predicted molar refractivity (Wildman–Crippen MR) is 51.3 cm³/mol. The van der Waals surface area contributed by atoms with Gasteiger partial charge >= 0.3 is 0 Å². The third-order valence-corrected chi connectivity index (χ3v) is 2.95. The number of hydrogen-bond donors (Lipinski definition) is 1. The van der Waals surface area contributed by atoms with Crippen LogP contribution in [0.3, 0.4) is 0 Å². The average Bonchev–Trinajstić information content (AvgIpc) is 2.02. The molecule has 0 spiro atoms. The van der Waals surface area contributed by atoms with E-state index in [1.807, 2.05) is 7.05 Å². The van der Waals surface area contributed by atoms with E-state index in [9.17, 15) is 0 Å². The zero-order chi connectivity index (χ0) is 8.86. The molecule has 0 unspecified atom stereocenters. The Kier molecular flexibility index (Phi) is 4.02. The summed E-state index contributed by atoms with van der Waals surface area (Å²) in [7, 11) is 2.02. The number of hydrogen-bond acceptors (Lipinski definition) is 2. The van der Waals surface area contributed by atoms with Crippen molar-refractivity contribution < 1.29 is 4.74 Å². The molecule has 0 radical (unpaired) electrons. The van der Waals surface area contributed by atoms with Crippen molar-refractivity contribution in [3.05, 3.63) is 0 Å². The molecule has 0 aromatic carbocycles. The van der Waals surface area contributed by atoms with Gasteiger partial charge in [-0.1, -0.05) is 13.3 Å². The van der Waals surface area contributed by atoms with Gasteiger partial charge < -0.3 is 10.1 Å². The van der Waals surface area contributed by atoms with Gasteiger partial charge in [0.15, 0.2) is 0 Å². The molecule has 0 aliphatic carbocycles. The summed E-state index contributed by atoms with van der Waals surface area (Å²) in [5, 5.41) is 3.18. The van der Waals surface area contributed by atoms with E-state index in [2.05, 4.69) is 12.2 Å². The van der Waals surface area contributed by atoms with Gasteiger partial charge in [0.05, 0.1) is 13.2 Å². The summed E-state index contributed by atoms with van der Waals surface area (Å²) in [4.78, 5) is 0. The summed E-state index contributed by atoms with van der Waals surface area (Å²) in [6, 6.07) is 0. The Hall–Kier alpha value is -0.0800. The van der Waals surface area contributed by atoms with E-state index in [1.54, 1.807) is 0 Å². The third kappa shape index (κ3) is 2.46. The molecule has 0 atom stereocenters. The van der Waals surface area contributed by atoms with Crippen molar-refractivity contribution in [3.63, 3.8) is 0 Å². The summed E-state index contributed by atoms with van der Waals surface area (Å²) in [5.41, 5.74) is 0.563. The van der Waals surface area contributed by atoms with Crippen molar-refractivity contribution in [1.29, 1.82) is 0 Å². The Balaban J connectivity index is 2.04. The van der Waals surface area contributed by atoms with Gasteiger partial charge in [0.25, 0.3) is 0 Å². The average molecular weight is 171 g/mol. The minimum Gasteiger partial charge on any atom is -0.380 e. The molecule has 1 heterocycles. The normalized spacial score (nSPS) is 20.5. The van der Waals surface area contributed by atoms with E-state index in [4.69, 9.17) is 4.74 Å². The molecule has 12 heavy (non-hydrogen) atoms. The highest BCUT2D eigenvalue weighted by Gasteiger charge is 2.35. The number of nitrogens with one attached hydrogen (secondary N) is 1. The zero-order valence-corrected chi connectivity index (χ0v) is 8.36. The van der Waals surface area contributed by atoms with E-state index < -0.39 is 0 Å². The van der Waals surface area contributed by atoms with Gasteiger partial charge in [0.2, 0.25) is 0 Å². The third-order valence-electron chi connectivity index (χ3n) is 2.95. The fourth-order valence-electron chi connectivity index (χ4n) is 1.72. The van der Waals surface area contributed by atoms with Crippen LogP contribution in [0.2, 0.25) is 0 Å². The number of unbranched alkanes of at least 4 members (excludes halogenated alkanes) is 1. The highest BCUT2D eigenvalue weighted by Crippen LogP contribution is 2.36. The molecule has 1 aliphatic rings. The minimum absolute atomic E-state index is 0.563. The molecule has 1 N–H and O–H groups in total. The molecular formula is C10H21NO. The van der Waals surface area contributed by atoms with Gasteiger partial charge in [-0.3, -0.25) is 0 Å². The van der Waals surface area contributed by atoms with E-state index in [1.165, 1.54) is 25.7 Å². The molecule has 2 heteroatoms. The second-order valence-corrected chi connectivity index (χ2v) is 3.91. The first-order valence-corrected chi connectivity index (χ1v) is 5.05. The zero-order valence-electron chi connectivity index (χ0n) is 8.36. The maximum absolute atomic E-state index is 5.27. The predicted octanol–water partition coefficient (Wildman–Crippen LogP) is 1.80. The molecule has 0 bridgehead atoms. The van der Waals surface area contributed by atoms with E-state index in [-0.39, 0.29) is 0 Å². The quantitative estimate of drug-likeness (QED) is 0.615. The number of ether oxygens (including phenoxy) is 1. The van der Waals surface area contributed by atoms with Crippen LogP contribution in [0.5, 0.6) is 0 Å². The van der Waals surface area contributed by atoms with Crippen molar-refractivity contribution in [2.75, 3.05) is 26.8 Å². The van der Waals surface area contributed by atoms with Crippen LogP contribution in [0, 0.1) is 5.41 Å². The maximum atomic E-state index is 5.27. The molecule has 0 amide bonds. The van der Waals surface area contributed by atoms with Crippen LogP contribution in [0.4, 0.5) is 0 Å². The molecular weight excluding hydrogens is 150 g/mol. The van der Waals surface area contributed by atoms with Crippen LogP contribution in [0.15, 0.2) is 0 Å². The van der Waals surface area contributed by atoms with Crippen molar-refractivity contribution in [3.8, 4) is 0 Å². The van der Waals surface area contributed by atoms with E-state index in [0.29, 0.717) is 5.41 Å². The molecule has 1 aliphatic heterocycles. The fraction of sp³-hybridized carbons (Fsp3) is 1.00. The van der Waals surface area contributed by atoms with Gasteiger partial charge in [-0.05, 0) is 32.9 Å². The van der Waals surface area contributed by atoms with Crippen molar-refractivity contribution in [2.24, 2.45) is 5.41 Å². The van der Waals surface area contributed by atoms with Crippen molar-refractivity contribution in [1.82, 2.24) is 5.32 Å². The van der Waals surface area contributed by atoms with Crippen LogP contribution in [-0.4, -0.2) is 26.8 Å². The molecule has 2 nitrogen and oxygen atoms in total. The lowest BCUT2D eigenvalue weighted by atomic mass is 9.78. The minimum atomic E-state index is 0.563. The molecule has 0 aromatic rings. The lowest BCUT2D eigenvalue weighted by Crippen LogP contribution is -2.41. The molecule has 72 valence electrons. The molecule has 1 fully saturated rings. The highest BCUT2D eigenvalue weighted by molar-refractivity contribution is 4.83. The first kappa shape index (κ1) is 10.0. The fourth-order valence-corrected chi connectivity index (χ4v) is 1.72. The SMILES string of the molecule is CCC1(CCCCNC)COC1. The monoisotopic (exact) mass is 171 g/mol. The summed E-state index contributed by atoms with van der Waals surface area (Å²) in [6.45, 7) is 5.44. The lowest BCUT2D eigenvalue weighted by Gasteiger charge is -2.41. The Morgan fingerprint density at radius 2 is 2.08 bits per heavy atom. The van der Waals surface area contributed by atoms with Crippen LogP contribution < -0.4 is 5.32 Å². The summed E-state index contributed by atoms with van der Waals surface area (Å²) >= 11 is 0. The van der Waals surface area contributed by atoms with E-state index >= 15 is 0 Å². The Morgan fingerprint density at radius 3 is 2.50 bits per heavy atom. The van der Waals surface area contributed by atoms with Crippen LogP contribution in [0.25, 0.3) is 0 Å². The molecule has 0 aromatic heterocycles.